The van der Waals surface area contributed by atoms with Gasteiger partial charge in [-0.15, -0.1) is 0 Å². The van der Waals surface area contributed by atoms with Gasteiger partial charge in [0.2, 0.25) is 0 Å². The Morgan fingerprint density at radius 1 is 1.20 bits per heavy atom. The molecule has 1 aromatic carbocycles. The fraction of sp³-hybridized carbons (Fsp3) is 0.316. The summed E-state index contributed by atoms with van der Waals surface area (Å²) < 4.78 is 0. The molecule has 2 bridgehead atoms. The average molecular weight is 261 g/mol. The minimum absolute atomic E-state index is 0.719. The Hall–Kier alpha value is -1.89. The van der Waals surface area contributed by atoms with Gasteiger partial charge in [-0.1, -0.05) is 36.9 Å². The maximum atomic E-state index is 4.97. The molecule has 4 rings (SSSR count). The summed E-state index contributed by atoms with van der Waals surface area (Å²) in [5.41, 5.74) is 6.61. The van der Waals surface area contributed by atoms with Gasteiger partial charge in [0.1, 0.15) is 0 Å². The van der Waals surface area contributed by atoms with E-state index >= 15 is 0 Å². The molecule has 1 aromatic heterocycles. The normalized spacial score (nSPS) is 24.1. The van der Waals surface area contributed by atoms with Gasteiger partial charge in [0, 0.05) is 5.39 Å². The lowest BCUT2D eigenvalue weighted by molar-refractivity contribution is 0.717. The van der Waals surface area contributed by atoms with Crippen molar-refractivity contribution in [2.45, 2.75) is 38.0 Å². The van der Waals surface area contributed by atoms with Crippen LogP contribution in [0.4, 0.5) is 0 Å². The highest BCUT2D eigenvalue weighted by Crippen LogP contribution is 2.56. The molecule has 100 valence electrons. The molecule has 2 aromatic rings. The van der Waals surface area contributed by atoms with E-state index in [-0.39, 0.29) is 0 Å². The lowest BCUT2D eigenvalue weighted by Gasteiger charge is -2.21. The summed E-state index contributed by atoms with van der Waals surface area (Å²) in [6.45, 7) is 6.04. The SMILES string of the molecule is C=C/C(=C\C)c1nc2ccccc2c2c1C1CCC2C1. The second kappa shape index (κ2) is 4.31. The molecule has 0 radical (unpaired) electrons. The fourth-order valence-electron chi connectivity index (χ4n) is 4.18. The second-order valence-electron chi connectivity index (χ2n) is 5.96. The zero-order chi connectivity index (χ0) is 13.7. The molecule has 0 saturated heterocycles. The molecule has 0 N–H and O–H groups in total. The number of pyridine rings is 1. The first-order valence-electron chi connectivity index (χ1n) is 7.55. The van der Waals surface area contributed by atoms with E-state index in [1.807, 2.05) is 6.08 Å². The van der Waals surface area contributed by atoms with Crippen LogP contribution in [-0.2, 0) is 0 Å². The topological polar surface area (TPSA) is 12.9 Å². The van der Waals surface area contributed by atoms with Crippen LogP contribution in [0.1, 0.15) is 54.8 Å². The van der Waals surface area contributed by atoms with Gasteiger partial charge in [-0.2, -0.15) is 0 Å². The molecule has 0 spiro atoms. The molecule has 1 heterocycles. The highest BCUT2D eigenvalue weighted by atomic mass is 14.7. The van der Waals surface area contributed by atoms with Crippen LogP contribution < -0.4 is 0 Å². The molecule has 1 nitrogen and oxygen atoms in total. The number of hydrogen-bond acceptors (Lipinski definition) is 1. The van der Waals surface area contributed by atoms with E-state index in [1.54, 1.807) is 5.56 Å². The lowest BCUT2D eigenvalue weighted by atomic mass is 9.86. The van der Waals surface area contributed by atoms with Gasteiger partial charge >= 0.3 is 0 Å². The van der Waals surface area contributed by atoms with Gasteiger partial charge in [0.15, 0.2) is 0 Å². The van der Waals surface area contributed by atoms with E-state index in [4.69, 9.17) is 4.98 Å². The zero-order valence-corrected chi connectivity index (χ0v) is 11.9. The number of nitrogens with zero attached hydrogens (tertiary/aromatic N) is 1. The minimum atomic E-state index is 0.719. The van der Waals surface area contributed by atoms with Crippen LogP contribution in [0, 0.1) is 0 Å². The fourth-order valence-corrected chi connectivity index (χ4v) is 4.18. The Bertz CT molecular complexity index is 739. The number of rotatable bonds is 2. The molecule has 2 aliphatic rings. The predicted octanol–water partition coefficient (Wildman–Crippen LogP) is 5.19. The summed E-state index contributed by atoms with van der Waals surface area (Å²) in [7, 11) is 0. The van der Waals surface area contributed by atoms with E-state index in [0.717, 1.165) is 17.4 Å². The molecular weight excluding hydrogens is 242 g/mol. The van der Waals surface area contributed by atoms with Crippen molar-refractivity contribution in [1.82, 2.24) is 4.98 Å². The third-order valence-corrected chi connectivity index (χ3v) is 5.03. The van der Waals surface area contributed by atoms with E-state index < -0.39 is 0 Å². The Labute approximate surface area is 120 Å². The number of para-hydroxylation sites is 1. The van der Waals surface area contributed by atoms with E-state index in [1.165, 1.54) is 41.5 Å². The molecule has 0 aliphatic heterocycles. The van der Waals surface area contributed by atoms with Crippen LogP contribution in [0.2, 0.25) is 0 Å². The largest absolute Gasteiger partial charge is 0.247 e. The molecule has 1 fully saturated rings. The maximum absolute atomic E-state index is 4.97. The van der Waals surface area contributed by atoms with Crippen LogP contribution in [0.5, 0.6) is 0 Å². The molecule has 20 heavy (non-hydrogen) atoms. The van der Waals surface area contributed by atoms with Gasteiger partial charge < -0.3 is 0 Å². The Morgan fingerprint density at radius 3 is 2.70 bits per heavy atom. The molecule has 1 saturated carbocycles. The van der Waals surface area contributed by atoms with Gasteiger partial charge in [-0.25, -0.2) is 4.98 Å². The van der Waals surface area contributed by atoms with Gasteiger partial charge in [0.25, 0.3) is 0 Å². The average Bonchev–Trinajstić information content (AvgIpc) is 3.10. The van der Waals surface area contributed by atoms with Crippen molar-refractivity contribution < 1.29 is 0 Å². The standard InChI is InChI=1S/C19H19N/c1-3-12(4-2)19-18-14-10-9-13(11-14)17(18)15-7-5-6-8-16(15)20-19/h3-8,13-14H,1,9-11H2,2H3/b12-4+. The molecular formula is C19H19N. The summed E-state index contributed by atoms with van der Waals surface area (Å²) in [6.07, 6.45) is 8.09. The van der Waals surface area contributed by atoms with Crippen molar-refractivity contribution in [3.8, 4) is 0 Å². The van der Waals surface area contributed by atoms with Crippen molar-refractivity contribution in [1.29, 1.82) is 0 Å². The van der Waals surface area contributed by atoms with Crippen LogP contribution in [-0.4, -0.2) is 4.98 Å². The number of allylic oxidation sites excluding steroid dienone is 3. The second-order valence-corrected chi connectivity index (χ2v) is 5.96. The predicted molar refractivity (Wildman–Crippen MR) is 84.9 cm³/mol. The molecule has 0 amide bonds. The van der Waals surface area contributed by atoms with Crippen molar-refractivity contribution in [3.05, 3.63) is 59.8 Å². The molecule has 2 atom stereocenters. The molecule has 2 aliphatic carbocycles. The van der Waals surface area contributed by atoms with Crippen molar-refractivity contribution >= 4 is 16.5 Å². The quantitative estimate of drug-likeness (QED) is 0.678. The van der Waals surface area contributed by atoms with Gasteiger partial charge in [0.05, 0.1) is 11.2 Å². The lowest BCUT2D eigenvalue weighted by Crippen LogP contribution is -2.06. The van der Waals surface area contributed by atoms with Gasteiger partial charge in [-0.3, -0.25) is 0 Å². The summed E-state index contributed by atoms with van der Waals surface area (Å²) in [4.78, 5) is 4.97. The summed E-state index contributed by atoms with van der Waals surface area (Å²) >= 11 is 0. The first-order chi connectivity index (χ1) is 9.83. The highest BCUT2D eigenvalue weighted by molar-refractivity contribution is 5.89. The summed E-state index contributed by atoms with van der Waals surface area (Å²) in [5, 5.41) is 1.37. The molecule has 2 unspecified atom stereocenters. The van der Waals surface area contributed by atoms with Gasteiger partial charge in [-0.05, 0) is 60.8 Å². The number of aromatic nitrogens is 1. The van der Waals surface area contributed by atoms with Crippen LogP contribution in [0.15, 0.2) is 43.0 Å². The van der Waals surface area contributed by atoms with E-state index in [9.17, 15) is 0 Å². The number of fused-ring (bicyclic) bond motifs is 7. The number of hydrogen-bond donors (Lipinski definition) is 0. The van der Waals surface area contributed by atoms with Crippen LogP contribution in [0.3, 0.4) is 0 Å². The Balaban J connectivity index is 2.11. The number of benzene rings is 1. The summed E-state index contributed by atoms with van der Waals surface area (Å²) in [6, 6.07) is 8.61. The van der Waals surface area contributed by atoms with Crippen LogP contribution >= 0.6 is 0 Å². The highest BCUT2D eigenvalue weighted by Gasteiger charge is 2.40. The van der Waals surface area contributed by atoms with Crippen molar-refractivity contribution in [2.75, 3.05) is 0 Å². The minimum Gasteiger partial charge on any atom is -0.247 e. The Kier molecular flexibility index (Phi) is 2.56. The van der Waals surface area contributed by atoms with Crippen LogP contribution in [0.25, 0.3) is 16.5 Å². The summed E-state index contributed by atoms with van der Waals surface area (Å²) in [5.74, 6) is 1.47. The van der Waals surface area contributed by atoms with E-state index in [0.29, 0.717) is 0 Å². The third-order valence-electron chi connectivity index (χ3n) is 5.03. The third kappa shape index (κ3) is 1.46. The Morgan fingerprint density at radius 2 is 1.95 bits per heavy atom. The first-order valence-corrected chi connectivity index (χ1v) is 7.55. The first kappa shape index (κ1) is 11.9. The van der Waals surface area contributed by atoms with Crippen molar-refractivity contribution in [3.63, 3.8) is 0 Å². The smallest absolute Gasteiger partial charge is 0.0743 e. The molecule has 1 heteroatoms. The van der Waals surface area contributed by atoms with E-state index in [2.05, 4.69) is 43.8 Å². The maximum Gasteiger partial charge on any atom is 0.0743 e. The zero-order valence-electron chi connectivity index (χ0n) is 11.9. The monoisotopic (exact) mass is 261 g/mol. The van der Waals surface area contributed by atoms with Crippen molar-refractivity contribution in [2.24, 2.45) is 0 Å².